The first-order valence-electron chi connectivity index (χ1n) is 11.4. The molecule has 4 rings (SSSR count). The highest BCUT2D eigenvalue weighted by atomic mass is 35.5. The van der Waals surface area contributed by atoms with Crippen molar-refractivity contribution in [1.29, 1.82) is 0 Å². The summed E-state index contributed by atoms with van der Waals surface area (Å²) in [5.41, 5.74) is 16.9. The largest absolute Gasteiger partial charge is 0.489 e. The Kier molecular flexibility index (Phi) is 7.49. The number of hydrogen-bond acceptors (Lipinski definition) is 7. The topological polar surface area (TPSA) is 149 Å². The number of halogens is 2. The van der Waals surface area contributed by atoms with Crippen LogP contribution in [-0.4, -0.2) is 59.6 Å². The van der Waals surface area contributed by atoms with Gasteiger partial charge in [0.2, 0.25) is 0 Å². The first-order valence-corrected chi connectivity index (χ1v) is 11.8. The summed E-state index contributed by atoms with van der Waals surface area (Å²) in [6, 6.07) is 3.31. The smallest absolute Gasteiger partial charge is 0.258 e. The maximum absolute atomic E-state index is 14.0. The predicted octanol–water partition coefficient (Wildman–Crippen LogP) is 3.33. The molecule has 1 aromatic rings. The monoisotopic (exact) mass is 503 g/mol. The maximum Gasteiger partial charge on any atom is 0.258 e. The molecular weight excluding hydrogens is 477 g/mol. The standard InChI is InChI=1S/C23H27ClFN7O3/c1-12-21(24)19(9-28-31-27)30-22(29-12)17-10-32(11-18(17)26)23(34)16-7-2-13(25)8-20(16)35-15-5-3-14(33)4-6-15/h2,7-8,14-15,19,33H,3-6,9-11,26H2,1H3,(H,29,30). The number of aliphatic hydroxyl groups is 1. The van der Waals surface area contributed by atoms with Gasteiger partial charge >= 0.3 is 0 Å². The summed E-state index contributed by atoms with van der Waals surface area (Å²) in [5.74, 6) is -0.204. The number of allylic oxidation sites excluding steroid dienone is 1. The van der Waals surface area contributed by atoms with E-state index in [1.54, 1.807) is 6.92 Å². The van der Waals surface area contributed by atoms with Crippen LogP contribution in [0.3, 0.4) is 0 Å². The number of hydrogen-bond donors (Lipinski definition) is 3. The van der Waals surface area contributed by atoms with Gasteiger partial charge in [-0.2, -0.15) is 0 Å². The Morgan fingerprint density at radius 1 is 1.40 bits per heavy atom. The summed E-state index contributed by atoms with van der Waals surface area (Å²) in [5, 5.41) is 16.9. The van der Waals surface area contributed by atoms with E-state index in [-0.39, 0.29) is 49.1 Å². The number of carbonyl (C=O) groups excluding carboxylic acids is 1. The minimum Gasteiger partial charge on any atom is -0.489 e. The first kappa shape index (κ1) is 24.8. The first-order chi connectivity index (χ1) is 16.8. The number of amidine groups is 1. The number of aliphatic hydroxyl groups excluding tert-OH is 1. The van der Waals surface area contributed by atoms with Crippen molar-refractivity contribution in [2.45, 2.75) is 50.9 Å². The molecule has 1 amide bonds. The van der Waals surface area contributed by atoms with E-state index in [2.05, 4.69) is 20.3 Å². The van der Waals surface area contributed by atoms with E-state index in [4.69, 9.17) is 27.6 Å². The van der Waals surface area contributed by atoms with E-state index < -0.39 is 11.9 Å². The zero-order valence-electron chi connectivity index (χ0n) is 19.2. The Morgan fingerprint density at radius 3 is 2.86 bits per heavy atom. The molecule has 2 aliphatic heterocycles. The van der Waals surface area contributed by atoms with E-state index in [0.717, 1.165) is 0 Å². The quantitative estimate of drug-likeness (QED) is 0.309. The minimum atomic E-state index is -0.542. The second kappa shape index (κ2) is 10.6. The van der Waals surface area contributed by atoms with Crippen LogP contribution in [0.25, 0.3) is 10.4 Å². The summed E-state index contributed by atoms with van der Waals surface area (Å²) in [6.07, 6.45) is 1.92. The minimum absolute atomic E-state index is 0.0577. The summed E-state index contributed by atoms with van der Waals surface area (Å²) in [6.45, 7) is 2.18. The molecule has 1 saturated carbocycles. The highest BCUT2D eigenvalue weighted by molar-refractivity contribution is 6.31. The lowest BCUT2D eigenvalue weighted by molar-refractivity contribution is 0.0638. The number of azide groups is 1. The number of nitrogens with one attached hydrogen (secondary N) is 1. The molecule has 2 heterocycles. The fourth-order valence-electron chi connectivity index (χ4n) is 4.42. The molecule has 1 aliphatic carbocycles. The summed E-state index contributed by atoms with van der Waals surface area (Å²) < 4.78 is 20.0. The molecule has 0 spiro atoms. The number of nitrogens with zero attached hydrogens (tertiary/aromatic N) is 5. The number of amides is 1. The van der Waals surface area contributed by atoms with Gasteiger partial charge in [-0.25, -0.2) is 4.39 Å². The highest BCUT2D eigenvalue weighted by Gasteiger charge is 2.32. The van der Waals surface area contributed by atoms with Crippen LogP contribution < -0.4 is 15.8 Å². The lowest BCUT2D eigenvalue weighted by Crippen LogP contribution is -2.36. The van der Waals surface area contributed by atoms with Gasteiger partial charge in [0.15, 0.2) is 0 Å². The Hall–Kier alpha value is -3.27. The summed E-state index contributed by atoms with van der Waals surface area (Å²) >= 11 is 6.31. The molecular formula is C23H27ClFN7O3. The second-order valence-electron chi connectivity index (χ2n) is 8.86. The van der Waals surface area contributed by atoms with Gasteiger partial charge in [-0.3, -0.25) is 9.79 Å². The van der Waals surface area contributed by atoms with Crippen molar-refractivity contribution >= 4 is 23.3 Å². The molecule has 1 atom stereocenters. The molecule has 0 bridgehead atoms. The van der Waals surface area contributed by atoms with Gasteiger partial charge in [0.1, 0.15) is 17.4 Å². The van der Waals surface area contributed by atoms with E-state index in [1.165, 1.54) is 23.1 Å². The van der Waals surface area contributed by atoms with Crippen LogP contribution in [-0.2, 0) is 0 Å². The number of ether oxygens (including phenoxy) is 1. The van der Waals surface area contributed by atoms with E-state index in [1.807, 2.05) is 0 Å². The molecule has 0 radical (unpaired) electrons. The van der Waals surface area contributed by atoms with Crippen molar-refractivity contribution in [2.75, 3.05) is 19.6 Å². The fraction of sp³-hybridized carbons (Fsp3) is 0.478. The molecule has 3 aliphatic rings. The zero-order valence-corrected chi connectivity index (χ0v) is 20.0. The summed E-state index contributed by atoms with van der Waals surface area (Å²) in [7, 11) is 0. The van der Waals surface area contributed by atoms with Crippen LogP contribution in [0.1, 0.15) is 43.0 Å². The molecule has 12 heteroatoms. The van der Waals surface area contributed by atoms with Crippen LogP contribution in [0.4, 0.5) is 4.39 Å². The van der Waals surface area contributed by atoms with Gasteiger partial charge in [0.25, 0.3) is 5.91 Å². The van der Waals surface area contributed by atoms with Crippen molar-refractivity contribution in [1.82, 2.24) is 10.2 Å². The van der Waals surface area contributed by atoms with E-state index in [0.29, 0.717) is 53.5 Å². The van der Waals surface area contributed by atoms with Gasteiger partial charge in [-0.05, 0) is 50.3 Å². The third-order valence-corrected chi connectivity index (χ3v) is 6.88. The lowest BCUT2D eigenvalue weighted by Gasteiger charge is -2.27. The summed E-state index contributed by atoms with van der Waals surface area (Å²) in [4.78, 5) is 22.3. The normalized spacial score (nSPS) is 24.6. The average molecular weight is 504 g/mol. The predicted molar refractivity (Wildman–Crippen MR) is 129 cm³/mol. The highest BCUT2D eigenvalue weighted by Crippen LogP contribution is 2.30. The second-order valence-corrected chi connectivity index (χ2v) is 9.27. The molecule has 0 saturated heterocycles. The molecule has 35 heavy (non-hydrogen) atoms. The van der Waals surface area contributed by atoms with Gasteiger partial charge < -0.3 is 25.8 Å². The van der Waals surface area contributed by atoms with E-state index >= 15 is 0 Å². The molecule has 186 valence electrons. The molecule has 4 N–H and O–H groups in total. The molecule has 1 aromatic carbocycles. The SMILES string of the molecule is CC1=C(Cl)C(CN=[N+]=[N-])N=C(C2=C(N)CN(C(=O)c3ccc(F)cc3OC3CCC(O)CC3)C2)N1. The third-order valence-electron chi connectivity index (χ3n) is 6.34. The number of nitrogens with two attached hydrogens (primary N) is 1. The Bertz CT molecular complexity index is 1150. The molecule has 10 nitrogen and oxygen atoms in total. The van der Waals surface area contributed by atoms with Crippen molar-refractivity contribution in [3.63, 3.8) is 0 Å². The van der Waals surface area contributed by atoms with E-state index in [9.17, 15) is 14.3 Å². The van der Waals surface area contributed by atoms with Crippen LogP contribution in [0.2, 0.25) is 0 Å². The number of benzene rings is 1. The van der Waals surface area contributed by atoms with Gasteiger partial charge in [0, 0.05) is 27.9 Å². The van der Waals surface area contributed by atoms with Gasteiger partial charge in [-0.15, -0.1) is 0 Å². The molecule has 0 aromatic heterocycles. The van der Waals surface area contributed by atoms with Crippen LogP contribution in [0.15, 0.2) is 50.3 Å². The fourth-order valence-corrected chi connectivity index (χ4v) is 4.59. The van der Waals surface area contributed by atoms with Gasteiger partial charge in [-0.1, -0.05) is 16.7 Å². The Morgan fingerprint density at radius 2 is 2.14 bits per heavy atom. The van der Waals surface area contributed by atoms with Crippen molar-refractivity contribution < 1.29 is 19.0 Å². The molecule has 1 fully saturated rings. The number of aliphatic imine (C=N–C) groups is 1. The lowest BCUT2D eigenvalue weighted by atomic mass is 9.95. The zero-order chi connectivity index (χ0) is 25.1. The maximum atomic E-state index is 14.0. The van der Waals surface area contributed by atoms with Gasteiger partial charge in [0.05, 0.1) is 48.5 Å². The average Bonchev–Trinajstić information content (AvgIpc) is 3.22. The third kappa shape index (κ3) is 5.53. The number of rotatable bonds is 6. The van der Waals surface area contributed by atoms with Crippen molar-refractivity contribution in [2.24, 2.45) is 15.8 Å². The Balaban J connectivity index is 1.51. The van der Waals surface area contributed by atoms with Crippen LogP contribution >= 0.6 is 11.6 Å². The van der Waals surface area contributed by atoms with Crippen LogP contribution in [0.5, 0.6) is 5.75 Å². The molecule has 1 unspecified atom stereocenters. The van der Waals surface area contributed by atoms with Crippen LogP contribution in [0, 0.1) is 5.82 Å². The number of carbonyl (C=O) groups is 1. The Labute approximate surface area is 206 Å². The van der Waals surface area contributed by atoms with Crippen molar-refractivity contribution in [3.05, 3.63) is 62.0 Å². The van der Waals surface area contributed by atoms with Crippen molar-refractivity contribution in [3.8, 4) is 5.75 Å².